The summed E-state index contributed by atoms with van der Waals surface area (Å²) in [7, 11) is 0. The Balaban J connectivity index is 1.97. The van der Waals surface area contributed by atoms with Crippen molar-refractivity contribution in [1.82, 2.24) is 19.9 Å². The Bertz CT molecular complexity index is 758. The first-order chi connectivity index (χ1) is 10.2. The number of anilines is 4. The van der Waals surface area contributed by atoms with Gasteiger partial charge in [0.15, 0.2) is 5.82 Å². The lowest BCUT2D eigenvalue weighted by molar-refractivity contribution is 1.06. The molecule has 7 heteroatoms. The Morgan fingerprint density at radius 1 is 0.762 bits per heavy atom. The molecule has 0 aliphatic rings. The number of pyridine rings is 1. The number of nitrogens with one attached hydrogen (secondary N) is 1. The molecule has 0 aliphatic heterocycles. The van der Waals surface area contributed by atoms with Crippen LogP contribution in [0.1, 0.15) is 0 Å². The lowest BCUT2D eigenvalue weighted by Crippen LogP contribution is -2.05. The largest absolute Gasteiger partial charge is 0.384 e. The highest BCUT2D eigenvalue weighted by molar-refractivity contribution is 5.59. The molecule has 3 rings (SSSR count). The number of hydrogen-bond acceptors (Lipinski definition) is 7. The van der Waals surface area contributed by atoms with Crippen molar-refractivity contribution in [2.75, 3.05) is 16.8 Å². The molecule has 0 amide bonds. The van der Waals surface area contributed by atoms with Crippen LogP contribution in [0, 0.1) is 0 Å². The summed E-state index contributed by atoms with van der Waals surface area (Å²) >= 11 is 0. The summed E-state index contributed by atoms with van der Waals surface area (Å²) in [6.07, 6.45) is 0. The van der Waals surface area contributed by atoms with E-state index in [1.807, 2.05) is 30.3 Å². The van der Waals surface area contributed by atoms with Gasteiger partial charge in [-0.2, -0.15) is 15.0 Å². The molecule has 0 unspecified atom stereocenters. The van der Waals surface area contributed by atoms with Crippen LogP contribution in [0.2, 0.25) is 0 Å². The SMILES string of the molecule is Nc1cccc(-c2nc(N)nc(Nc3ccccc3)n2)n1. The van der Waals surface area contributed by atoms with E-state index in [1.165, 1.54) is 0 Å². The molecule has 2 heterocycles. The monoisotopic (exact) mass is 279 g/mol. The van der Waals surface area contributed by atoms with Crippen LogP contribution in [-0.2, 0) is 0 Å². The molecular formula is C14H13N7. The minimum Gasteiger partial charge on any atom is -0.384 e. The summed E-state index contributed by atoms with van der Waals surface area (Å²) < 4.78 is 0. The van der Waals surface area contributed by atoms with Crippen LogP contribution in [0.5, 0.6) is 0 Å². The van der Waals surface area contributed by atoms with Gasteiger partial charge in [0.05, 0.1) is 0 Å². The molecule has 104 valence electrons. The van der Waals surface area contributed by atoms with Crippen LogP contribution in [0.4, 0.5) is 23.4 Å². The molecule has 5 N–H and O–H groups in total. The Kier molecular flexibility index (Phi) is 3.30. The zero-order valence-corrected chi connectivity index (χ0v) is 11.1. The van der Waals surface area contributed by atoms with E-state index in [9.17, 15) is 0 Å². The third-order valence-corrected chi connectivity index (χ3v) is 2.68. The van der Waals surface area contributed by atoms with Crippen molar-refractivity contribution in [1.29, 1.82) is 0 Å². The summed E-state index contributed by atoms with van der Waals surface area (Å²) in [5.41, 5.74) is 12.8. The molecule has 0 radical (unpaired) electrons. The zero-order valence-electron chi connectivity index (χ0n) is 11.1. The van der Waals surface area contributed by atoms with E-state index in [-0.39, 0.29) is 5.95 Å². The zero-order chi connectivity index (χ0) is 14.7. The molecule has 0 fully saturated rings. The van der Waals surface area contributed by atoms with Crippen molar-refractivity contribution in [3.63, 3.8) is 0 Å². The molecule has 3 aromatic rings. The second kappa shape index (κ2) is 5.41. The van der Waals surface area contributed by atoms with Crippen LogP contribution in [0.15, 0.2) is 48.5 Å². The van der Waals surface area contributed by atoms with Crippen LogP contribution in [-0.4, -0.2) is 19.9 Å². The molecular weight excluding hydrogens is 266 g/mol. The average molecular weight is 279 g/mol. The van der Waals surface area contributed by atoms with Gasteiger partial charge in [0.25, 0.3) is 0 Å². The van der Waals surface area contributed by atoms with Crippen molar-refractivity contribution in [2.24, 2.45) is 0 Å². The van der Waals surface area contributed by atoms with E-state index in [4.69, 9.17) is 11.5 Å². The molecule has 1 aromatic carbocycles. The number of nitrogen functional groups attached to an aromatic ring is 2. The van der Waals surface area contributed by atoms with Crippen molar-refractivity contribution in [3.05, 3.63) is 48.5 Å². The van der Waals surface area contributed by atoms with Crippen LogP contribution >= 0.6 is 0 Å². The van der Waals surface area contributed by atoms with E-state index in [0.29, 0.717) is 23.3 Å². The van der Waals surface area contributed by atoms with Crippen molar-refractivity contribution >= 4 is 23.4 Å². The highest BCUT2D eigenvalue weighted by atomic mass is 15.2. The third kappa shape index (κ3) is 3.03. The maximum Gasteiger partial charge on any atom is 0.232 e. The minimum atomic E-state index is 0.114. The number of para-hydroxylation sites is 1. The fourth-order valence-corrected chi connectivity index (χ4v) is 1.79. The molecule has 7 nitrogen and oxygen atoms in total. The second-order valence-corrected chi connectivity index (χ2v) is 4.28. The molecule has 0 spiro atoms. The lowest BCUT2D eigenvalue weighted by Gasteiger charge is -2.07. The summed E-state index contributed by atoms with van der Waals surface area (Å²) in [4.78, 5) is 16.6. The van der Waals surface area contributed by atoms with Gasteiger partial charge in [-0.3, -0.25) is 0 Å². The Morgan fingerprint density at radius 3 is 2.33 bits per heavy atom. The molecule has 21 heavy (non-hydrogen) atoms. The number of rotatable bonds is 3. The predicted molar refractivity (Wildman–Crippen MR) is 81.6 cm³/mol. The molecule has 0 atom stereocenters. The third-order valence-electron chi connectivity index (χ3n) is 2.68. The van der Waals surface area contributed by atoms with Gasteiger partial charge >= 0.3 is 0 Å². The summed E-state index contributed by atoms with van der Waals surface area (Å²) in [6, 6.07) is 14.8. The molecule has 0 aliphatic carbocycles. The maximum absolute atomic E-state index is 5.73. The predicted octanol–water partition coefficient (Wildman–Crippen LogP) is 1.84. The Hall–Kier alpha value is -3.22. The van der Waals surface area contributed by atoms with Gasteiger partial charge in [0, 0.05) is 5.69 Å². The van der Waals surface area contributed by atoms with E-state index in [1.54, 1.807) is 18.2 Å². The fraction of sp³-hybridized carbons (Fsp3) is 0. The highest BCUT2D eigenvalue weighted by Gasteiger charge is 2.08. The summed E-state index contributed by atoms with van der Waals surface area (Å²) in [6.45, 7) is 0. The lowest BCUT2D eigenvalue weighted by atomic mass is 10.3. The first-order valence-electron chi connectivity index (χ1n) is 6.27. The number of nitrogens with two attached hydrogens (primary N) is 2. The molecule has 2 aromatic heterocycles. The summed E-state index contributed by atoms with van der Waals surface area (Å²) in [5.74, 6) is 1.23. The maximum atomic E-state index is 5.73. The van der Waals surface area contributed by atoms with Gasteiger partial charge in [0.2, 0.25) is 11.9 Å². The first kappa shape index (κ1) is 12.8. The van der Waals surface area contributed by atoms with Crippen molar-refractivity contribution in [2.45, 2.75) is 0 Å². The van der Waals surface area contributed by atoms with E-state index >= 15 is 0 Å². The standard InChI is InChI=1S/C14H13N7/c15-11-8-4-7-10(18-11)12-19-13(16)21-14(20-12)17-9-5-2-1-3-6-9/h1-8H,(H2,15,18)(H3,16,17,19,20,21). The quantitative estimate of drug-likeness (QED) is 0.669. The smallest absolute Gasteiger partial charge is 0.232 e. The van der Waals surface area contributed by atoms with Crippen molar-refractivity contribution in [3.8, 4) is 11.5 Å². The molecule has 0 saturated heterocycles. The van der Waals surface area contributed by atoms with Gasteiger partial charge in [-0.15, -0.1) is 0 Å². The number of aromatic nitrogens is 4. The van der Waals surface area contributed by atoms with Crippen LogP contribution in [0.3, 0.4) is 0 Å². The Morgan fingerprint density at radius 2 is 1.57 bits per heavy atom. The van der Waals surface area contributed by atoms with Gasteiger partial charge in [0.1, 0.15) is 11.5 Å². The number of nitrogens with zero attached hydrogens (tertiary/aromatic N) is 4. The van der Waals surface area contributed by atoms with E-state index < -0.39 is 0 Å². The summed E-state index contributed by atoms with van der Waals surface area (Å²) in [5, 5.41) is 3.07. The first-order valence-corrected chi connectivity index (χ1v) is 6.27. The fourth-order valence-electron chi connectivity index (χ4n) is 1.79. The van der Waals surface area contributed by atoms with Gasteiger partial charge in [-0.25, -0.2) is 4.98 Å². The van der Waals surface area contributed by atoms with E-state index in [2.05, 4.69) is 25.3 Å². The highest BCUT2D eigenvalue weighted by Crippen LogP contribution is 2.18. The van der Waals surface area contributed by atoms with Gasteiger partial charge in [-0.05, 0) is 24.3 Å². The Labute approximate surface area is 121 Å². The van der Waals surface area contributed by atoms with Gasteiger partial charge in [-0.1, -0.05) is 24.3 Å². The van der Waals surface area contributed by atoms with E-state index in [0.717, 1.165) is 5.69 Å². The minimum absolute atomic E-state index is 0.114. The van der Waals surface area contributed by atoms with Gasteiger partial charge < -0.3 is 16.8 Å². The van der Waals surface area contributed by atoms with Crippen LogP contribution in [0.25, 0.3) is 11.5 Å². The second-order valence-electron chi connectivity index (χ2n) is 4.28. The average Bonchev–Trinajstić information content (AvgIpc) is 2.48. The molecule has 0 saturated carbocycles. The normalized spacial score (nSPS) is 10.3. The number of benzene rings is 1. The van der Waals surface area contributed by atoms with Crippen LogP contribution < -0.4 is 16.8 Å². The number of hydrogen-bond donors (Lipinski definition) is 3. The topological polar surface area (TPSA) is 116 Å². The van der Waals surface area contributed by atoms with Crippen molar-refractivity contribution < 1.29 is 0 Å². The molecule has 0 bridgehead atoms.